The van der Waals surface area contributed by atoms with Gasteiger partial charge >= 0.3 is 0 Å². The zero-order valence-corrected chi connectivity index (χ0v) is 22.9. The van der Waals surface area contributed by atoms with Gasteiger partial charge in [0.15, 0.2) is 0 Å². The molecule has 0 fully saturated rings. The molecule has 0 aliphatic heterocycles. The summed E-state index contributed by atoms with van der Waals surface area (Å²) < 4.78 is 0. The van der Waals surface area contributed by atoms with Crippen molar-refractivity contribution in [2.24, 2.45) is 5.73 Å². The summed E-state index contributed by atoms with van der Waals surface area (Å²) >= 11 is 0. The van der Waals surface area contributed by atoms with Gasteiger partial charge in [0, 0.05) is 12.6 Å². The van der Waals surface area contributed by atoms with Crippen molar-refractivity contribution in [3.63, 3.8) is 0 Å². The topological polar surface area (TPSA) is 61.5 Å². The molecule has 0 heterocycles. The van der Waals surface area contributed by atoms with Crippen LogP contribution in [0, 0.1) is 13.8 Å². The Hall–Kier alpha value is -1.72. The summed E-state index contributed by atoms with van der Waals surface area (Å²) in [6.07, 6.45) is 7.93. The Labute approximate surface area is 215 Å². The zero-order chi connectivity index (χ0) is 25.5. The van der Waals surface area contributed by atoms with Gasteiger partial charge in [-0.25, -0.2) is 0 Å². The minimum atomic E-state index is 0.217. The van der Waals surface area contributed by atoms with Crippen LogP contribution in [0.5, 0.6) is 0 Å². The third-order valence-corrected chi connectivity index (χ3v) is 7.07. The van der Waals surface area contributed by atoms with Crippen LogP contribution >= 0.6 is 0 Å². The summed E-state index contributed by atoms with van der Waals surface area (Å²) in [6, 6.07) is 16.5. The molecule has 35 heavy (non-hydrogen) atoms. The number of nitrogens with two attached hydrogens (primary N) is 1. The lowest BCUT2D eigenvalue weighted by Gasteiger charge is -2.23. The highest BCUT2D eigenvalue weighted by atomic mass is 16.3. The maximum Gasteiger partial charge on any atom is 0.0558 e. The number of nitrogens with one attached hydrogen (secondary N) is 1. The van der Waals surface area contributed by atoms with E-state index in [1.165, 1.54) is 47.1 Å². The third kappa shape index (κ3) is 11.7. The lowest BCUT2D eigenvalue weighted by molar-refractivity contribution is 0.192. The SMILES string of the molecule is Cc1ccc(CCC(CCCc2cccc(C(C)C)c2)NCCCN(CCO)CCCN)c(C)c1. The highest BCUT2D eigenvalue weighted by molar-refractivity contribution is 5.30. The molecule has 4 nitrogen and oxygen atoms in total. The molecule has 0 radical (unpaired) electrons. The van der Waals surface area contributed by atoms with Gasteiger partial charge < -0.3 is 21.1 Å². The summed E-state index contributed by atoms with van der Waals surface area (Å²) in [4.78, 5) is 2.33. The van der Waals surface area contributed by atoms with Crippen molar-refractivity contribution < 1.29 is 5.11 Å². The molecule has 1 unspecified atom stereocenters. The van der Waals surface area contributed by atoms with Gasteiger partial charge in [0.05, 0.1) is 6.61 Å². The van der Waals surface area contributed by atoms with Crippen LogP contribution in [0.15, 0.2) is 42.5 Å². The van der Waals surface area contributed by atoms with Gasteiger partial charge in [0.1, 0.15) is 0 Å². The molecule has 4 heteroatoms. The number of hydrogen-bond acceptors (Lipinski definition) is 4. The van der Waals surface area contributed by atoms with Gasteiger partial charge in [-0.15, -0.1) is 0 Å². The standard InChI is InChI=1S/C31H51N3O/c1-25(2)30-11-5-9-28(24-30)10-6-12-31(16-15-29-14-13-26(3)23-27(29)4)33-18-8-20-34(21-22-35)19-7-17-32/h5,9,11,13-14,23-25,31,33,35H,6-8,10,12,15-22,32H2,1-4H3. The lowest BCUT2D eigenvalue weighted by Crippen LogP contribution is -2.35. The second kappa shape index (κ2) is 16.9. The fraction of sp³-hybridized carbons (Fsp3) is 0.613. The molecule has 1 atom stereocenters. The Morgan fingerprint density at radius 3 is 2.43 bits per heavy atom. The quantitative estimate of drug-likeness (QED) is 0.250. The van der Waals surface area contributed by atoms with Crippen molar-refractivity contribution in [3.05, 3.63) is 70.3 Å². The van der Waals surface area contributed by atoms with E-state index in [-0.39, 0.29) is 6.61 Å². The molecule has 0 saturated carbocycles. The molecule has 0 aliphatic rings. The van der Waals surface area contributed by atoms with E-state index in [2.05, 4.69) is 80.4 Å². The summed E-state index contributed by atoms with van der Waals surface area (Å²) in [6.45, 7) is 13.6. The average molecular weight is 482 g/mol. The van der Waals surface area contributed by atoms with Gasteiger partial charge in [0.25, 0.3) is 0 Å². The van der Waals surface area contributed by atoms with E-state index in [1.807, 2.05) is 0 Å². The van der Waals surface area contributed by atoms with E-state index < -0.39 is 0 Å². The summed E-state index contributed by atoms with van der Waals surface area (Å²) in [5.74, 6) is 0.581. The predicted octanol–water partition coefficient (Wildman–Crippen LogP) is 5.37. The first-order valence-corrected chi connectivity index (χ1v) is 13.8. The van der Waals surface area contributed by atoms with Crippen LogP contribution in [0.3, 0.4) is 0 Å². The summed E-state index contributed by atoms with van der Waals surface area (Å²) in [5, 5.41) is 13.2. The summed E-state index contributed by atoms with van der Waals surface area (Å²) in [7, 11) is 0. The first kappa shape index (κ1) is 29.5. The number of aryl methyl sites for hydroxylation is 4. The Balaban J connectivity index is 1.89. The molecule has 4 N–H and O–H groups in total. The minimum absolute atomic E-state index is 0.217. The molecule has 0 spiro atoms. The van der Waals surface area contributed by atoms with Crippen molar-refractivity contribution in [2.45, 2.75) is 84.6 Å². The van der Waals surface area contributed by atoms with Gasteiger partial charge in [0.2, 0.25) is 0 Å². The first-order valence-electron chi connectivity index (χ1n) is 13.8. The van der Waals surface area contributed by atoms with Crippen molar-refractivity contribution >= 4 is 0 Å². The van der Waals surface area contributed by atoms with Gasteiger partial charge in [-0.1, -0.05) is 61.9 Å². The monoisotopic (exact) mass is 481 g/mol. The highest BCUT2D eigenvalue weighted by Gasteiger charge is 2.11. The first-order chi connectivity index (χ1) is 16.9. The highest BCUT2D eigenvalue weighted by Crippen LogP contribution is 2.19. The van der Waals surface area contributed by atoms with Gasteiger partial charge in [-0.3, -0.25) is 0 Å². The van der Waals surface area contributed by atoms with Crippen molar-refractivity contribution in [2.75, 3.05) is 39.3 Å². The van der Waals surface area contributed by atoms with Crippen LogP contribution in [0.4, 0.5) is 0 Å². The van der Waals surface area contributed by atoms with Crippen LogP contribution in [-0.4, -0.2) is 55.4 Å². The van der Waals surface area contributed by atoms with Crippen LogP contribution in [0.25, 0.3) is 0 Å². The summed E-state index contributed by atoms with van der Waals surface area (Å²) in [5.41, 5.74) is 12.8. The molecule has 0 aromatic heterocycles. The van der Waals surface area contributed by atoms with Crippen molar-refractivity contribution in [1.29, 1.82) is 0 Å². The molecule has 0 amide bonds. The predicted molar refractivity (Wildman–Crippen MR) is 151 cm³/mol. The maximum atomic E-state index is 9.35. The van der Waals surface area contributed by atoms with Gasteiger partial charge in [-0.2, -0.15) is 0 Å². The molecule has 0 bridgehead atoms. The Bertz CT molecular complexity index is 836. The molecular formula is C31H51N3O. The van der Waals surface area contributed by atoms with E-state index in [9.17, 15) is 5.11 Å². The minimum Gasteiger partial charge on any atom is -0.395 e. The molecule has 2 aromatic rings. The fourth-order valence-corrected chi connectivity index (χ4v) is 4.87. The lowest BCUT2D eigenvalue weighted by atomic mass is 9.95. The van der Waals surface area contributed by atoms with E-state index in [0.29, 0.717) is 18.5 Å². The van der Waals surface area contributed by atoms with E-state index in [1.54, 1.807) is 0 Å². The molecule has 2 rings (SSSR count). The maximum absolute atomic E-state index is 9.35. The Morgan fingerprint density at radius 1 is 0.914 bits per heavy atom. The molecule has 0 saturated heterocycles. The normalized spacial score (nSPS) is 12.6. The second-order valence-corrected chi connectivity index (χ2v) is 10.5. The fourth-order valence-electron chi connectivity index (χ4n) is 4.87. The number of nitrogens with zero attached hydrogens (tertiary/aromatic N) is 1. The number of aliphatic hydroxyl groups is 1. The van der Waals surface area contributed by atoms with Crippen molar-refractivity contribution in [3.8, 4) is 0 Å². The molecule has 2 aromatic carbocycles. The molecule has 196 valence electrons. The van der Waals surface area contributed by atoms with E-state index in [4.69, 9.17) is 5.73 Å². The van der Waals surface area contributed by atoms with Crippen LogP contribution in [-0.2, 0) is 12.8 Å². The van der Waals surface area contributed by atoms with Crippen LogP contribution in [0.2, 0.25) is 0 Å². The third-order valence-electron chi connectivity index (χ3n) is 7.07. The van der Waals surface area contributed by atoms with Crippen LogP contribution in [0.1, 0.15) is 79.7 Å². The number of rotatable bonds is 18. The zero-order valence-electron chi connectivity index (χ0n) is 22.9. The van der Waals surface area contributed by atoms with Gasteiger partial charge in [-0.05, 0) is 113 Å². The van der Waals surface area contributed by atoms with Crippen molar-refractivity contribution in [1.82, 2.24) is 10.2 Å². The number of hydrogen-bond donors (Lipinski definition) is 3. The smallest absolute Gasteiger partial charge is 0.0558 e. The van der Waals surface area contributed by atoms with E-state index >= 15 is 0 Å². The molecular weight excluding hydrogens is 430 g/mol. The largest absolute Gasteiger partial charge is 0.395 e. The van der Waals surface area contributed by atoms with Crippen LogP contribution < -0.4 is 11.1 Å². The Kier molecular flexibility index (Phi) is 14.2. The van der Waals surface area contributed by atoms with E-state index in [0.717, 1.165) is 51.9 Å². The second-order valence-electron chi connectivity index (χ2n) is 10.5. The Morgan fingerprint density at radius 2 is 1.71 bits per heavy atom. The average Bonchev–Trinajstić information content (AvgIpc) is 2.84. The number of aliphatic hydroxyl groups excluding tert-OH is 1. The number of benzene rings is 2. The molecule has 0 aliphatic carbocycles.